The van der Waals surface area contributed by atoms with E-state index in [4.69, 9.17) is 5.26 Å². The zero-order chi connectivity index (χ0) is 17.7. The number of aromatic amines is 1. The molecule has 8 heteroatoms. The van der Waals surface area contributed by atoms with Crippen LogP contribution < -0.4 is 10.9 Å². The molecular formula is C16H15BrN4O2S. The number of aromatic nitrogens is 2. The minimum Gasteiger partial charge on any atom is -0.325 e. The third kappa shape index (κ3) is 4.46. The minimum absolute atomic E-state index is 0.0221. The number of aryl methyl sites for hydroxylation is 1. The van der Waals surface area contributed by atoms with Gasteiger partial charge in [0.2, 0.25) is 5.91 Å². The molecule has 1 atom stereocenters. The molecule has 6 nitrogen and oxygen atoms in total. The van der Waals surface area contributed by atoms with Crippen molar-refractivity contribution >= 4 is 39.3 Å². The second-order valence-electron chi connectivity index (χ2n) is 4.91. The number of benzene rings is 1. The van der Waals surface area contributed by atoms with Crippen molar-refractivity contribution in [1.29, 1.82) is 5.26 Å². The van der Waals surface area contributed by atoms with Gasteiger partial charge in [0.05, 0.1) is 10.9 Å². The quantitative estimate of drug-likeness (QED) is 0.586. The van der Waals surface area contributed by atoms with E-state index in [9.17, 15) is 9.59 Å². The number of H-pyrrole nitrogens is 1. The smallest absolute Gasteiger partial charge is 0.269 e. The number of anilines is 1. The molecule has 124 valence electrons. The Morgan fingerprint density at radius 1 is 1.46 bits per heavy atom. The van der Waals surface area contributed by atoms with Gasteiger partial charge in [0.25, 0.3) is 5.56 Å². The molecule has 0 spiro atoms. The van der Waals surface area contributed by atoms with Crippen LogP contribution in [-0.2, 0) is 11.2 Å². The van der Waals surface area contributed by atoms with Crippen molar-refractivity contribution in [3.8, 4) is 6.07 Å². The lowest BCUT2D eigenvalue weighted by Gasteiger charge is -2.12. The predicted octanol–water partition coefficient (Wildman–Crippen LogP) is 3.09. The molecule has 0 fully saturated rings. The van der Waals surface area contributed by atoms with Crippen LogP contribution in [0.2, 0.25) is 0 Å². The Morgan fingerprint density at radius 2 is 2.12 bits per heavy atom. The van der Waals surface area contributed by atoms with Gasteiger partial charge in [-0.3, -0.25) is 9.59 Å². The first kappa shape index (κ1) is 18.2. The van der Waals surface area contributed by atoms with Crippen molar-refractivity contribution in [3.63, 3.8) is 0 Å². The highest BCUT2D eigenvalue weighted by molar-refractivity contribution is 9.10. The van der Waals surface area contributed by atoms with E-state index in [1.165, 1.54) is 0 Å². The topological polar surface area (TPSA) is 98.6 Å². The van der Waals surface area contributed by atoms with Gasteiger partial charge in [0, 0.05) is 10.2 Å². The molecule has 24 heavy (non-hydrogen) atoms. The largest absolute Gasteiger partial charge is 0.325 e. The average Bonchev–Trinajstić information content (AvgIpc) is 2.56. The molecule has 0 bridgehead atoms. The number of hydrogen-bond acceptors (Lipinski definition) is 5. The number of carbonyl (C=O) groups is 1. The predicted molar refractivity (Wildman–Crippen MR) is 97.0 cm³/mol. The summed E-state index contributed by atoms with van der Waals surface area (Å²) < 4.78 is 0.925. The molecule has 0 saturated carbocycles. The molecule has 1 aromatic carbocycles. The maximum atomic E-state index is 12.2. The number of rotatable bonds is 5. The van der Waals surface area contributed by atoms with Crippen molar-refractivity contribution in [2.24, 2.45) is 0 Å². The van der Waals surface area contributed by atoms with Crippen molar-refractivity contribution in [3.05, 3.63) is 50.3 Å². The molecular weight excluding hydrogens is 392 g/mol. The molecule has 2 N–H and O–H groups in total. The fourth-order valence-corrected chi connectivity index (χ4v) is 3.00. The van der Waals surface area contributed by atoms with E-state index in [0.717, 1.165) is 16.2 Å². The molecule has 0 saturated heterocycles. The van der Waals surface area contributed by atoms with Crippen LogP contribution in [0.5, 0.6) is 0 Å². The second-order valence-corrected chi connectivity index (χ2v) is 7.16. The summed E-state index contributed by atoms with van der Waals surface area (Å²) in [4.78, 5) is 30.9. The first-order valence-corrected chi connectivity index (χ1v) is 8.88. The van der Waals surface area contributed by atoms with E-state index < -0.39 is 10.8 Å². The van der Waals surface area contributed by atoms with Gasteiger partial charge in [-0.05, 0) is 37.6 Å². The lowest BCUT2D eigenvalue weighted by Crippen LogP contribution is -2.24. The lowest BCUT2D eigenvalue weighted by molar-refractivity contribution is -0.115. The summed E-state index contributed by atoms with van der Waals surface area (Å²) in [7, 11) is 0. The summed E-state index contributed by atoms with van der Waals surface area (Å²) >= 11 is 4.47. The van der Waals surface area contributed by atoms with Gasteiger partial charge in [-0.2, -0.15) is 5.26 Å². The molecule has 2 aromatic rings. The third-order valence-corrected chi connectivity index (χ3v) is 4.70. The highest BCUT2D eigenvalue weighted by Gasteiger charge is 2.18. The molecule has 0 aliphatic heterocycles. The highest BCUT2D eigenvalue weighted by atomic mass is 79.9. The van der Waals surface area contributed by atoms with E-state index in [1.54, 1.807) is 19.1 Å². The molecule has 1 amide bonds. The van der Waals surface area contributed by atoms with Gasteiger partial charge in [0.1, 0.15) is 11.6 Å². The number of carbonyl (C=O) groups excluding carboxylic acids is 1. The van der Waals surface area contributed by atoms with Crippen LogP contribution in [0.15, 0.2) is 38.7 Å². The lowest BCUT2D eigenvalue weighted by atomic mass is 10.2. The number of nitriles is 1. The Morgan fingerprint density at radius 3 is 2.71 bits per heavy atom. The summed E-state index contributed by atoms with van der Waals surface area (Å²) in [6.07, 6.45) is 0.472. The molecule has 0 aliphatic rings. The van der Waals surface area contributed by atoms with Gasteiger partial charge < -0.3 is 10.3 Å². The zero-order valence-electron chi connectivity index (χ0n) is 13.1. The number of amides is 1. The number of nitrogens with one attached hydrogen (secondary N) is 2. The highest BCUT2D eigenvalue weighted by Crippen LogP contribution is 2.21. The number of nitrogens with zero attached hydrogens (tertiary/aromatic N) is 2. The second kappa shape index (κ2) is 8.13. The average molecular weight is 407 g/mol. The van der Waals surface area contributed by atoms with E-state index in [-0.39, 0.29) is 11.5 Å². The van der Waals surface area contributed by atoms with Gasteiger partial charge in [-0.1, -0.05) is 34.6 Å². The number of hydrogen-bond donors (Lipinski definition) is 2. The van der Waals surface area contributed by atoms with Crippen LogP contribution in [0.3, 0.4) is 0 Å². The number of thioether (sulfide) groups is 1. The first-order valence-electron chi connectivity index (χ1n) is 7.21. The Hall–Kier alpha value is -2.11. The molecule has 0 radical (unpaired) electrons. The first-order chi connectivity index (χ1) is 11.4. The Labute approximate surface area is 151 Å². The molecule has 1 aromatic heterocycles. The maximum Gasteiger partial charge on any atom is 0.269 e. The normalized spacial score (nSPS) is 11.6. The Balaban J connectivity index is 2.11. The van der Waals surface area contributed by atoms with E-state index in [2.05, 4.69) is 31.2 Å². The van der Waals surface area contributed by atoms with Crippen LogP contribution in [-0.4, -0.2) is 21.1 Å². The van der Waals surface area contributed by atoms with Crippen LogP contribution in [0.1, 0.15) is 25.1 Å². The van der Waals surface area contributed by atoms with E-state index in [1.807, 2.05) is 25.1 Å². The van der Waals surface area contributed by atoms with E-state index >= 15 is 0 Å². The Bertz CT molecular complexity index is 843. The van der Waals surface area contributed by atoms with Crippen LogP contribution >= 0.6 is 27.7 Å². The summed E-state index contributed by atoms with van der Waals surface area (Å²) in [5, 5.41) is 11.7. The minimum atomic E-state index is -0.479. The Kier molecular flexibility index (Phi) is 6.17. The van der Waals surface area contributed by atoms with Gasteiger partial charge in [0.15, 0.2) is 5.16 Å². The fraction of sp³-hybridized carbons (Fsp3) is 0.250. The summed E-state index contributed by atoms with van der Waals surface area (Å²) in [5.41, 5.74) is 0.664. The van der Waals surface area contributed by atoms with Crippen LogP contribution in [0.4, 0.5) is 5.69 Å². The summed E-state index contributed by atoms with van der Waals surface area (Å²) in [5.74, 6) is -0.202. The van der Waals surface area contributed by atoms with Crippen LogP contribution in [0, 0.1) is 11.3 Å². The fourth-order valence-electron chi connectivity index (χ4n) is 1.92. The van der Waals surface area contributed by atoms with E-state index in [0.29, 0.717) is 23.0 Å². The molecule has 0 unspecified atom stereocenters. The summed E-state index contributed by atoms with van der Waals surface area (Å²) in [6, 6.07) is 9.10. The van der Waals surface area contributed by atoms with Crippen molar-refractivity contribution in [2.75, 3.05) is 5.32 Å². The molecule has 1 heterocycles. The van der Waals surface area contributed by atoms with Crippen molar-refractivity contribution in [1.82, 2.24) is 9.97 Å². The summed E-state index contributed by atoms with van der Waals surface area (Å²) in [6.45, 7) is 3.55. The zero-order valence-corrected chi connectivity index (χ0v) is 15.5. The van der Waals surface area contributed by atoms with Gasteiger partial charge >= 0.3 is 0 Å². The standard InChI is InChI=1S/C16H15BrN4O2S/c1-3-13-12(8-18)15(23)21-16(20-13)24-9(2)14(22)19-11-6-4-10(17)5-7-11/h4-7,9H,3H2,1-2H3,(H,19,22)(H,20,21,23)/t9-/m0/s1. The van der Waals surface area contributed by atoms with Gasteiger partial charge in [-0.15, -0.1) is 0 Å². The number of halogens is 1. The van der Waals surface area contributed by atoms with Crippen LogP contribution in [0.25, 0.3) is 0 Å². The SMILES string of the molecule is CCc1nc(S[C@@H](C)C(=O)Nc2ccc(Br)cc2)[nH]c(=O)c1C#N. The molecule has 0 aliphatic carbocycles. The monoisotopic (exact) mass is 406 g/mol. The van der Waals surface area contributed by atoms with Gasteiger partial charge in [-0.25, -0.2) is 4.98 Å². The molecule has 2 rings (SSSR count). The third-order valence-electron chi connectivity index (χ3n) is 3.19. The van der Waals surface area contributed by atoms with Crippen molar-refractivity contribution < 1.29 is 4.79 Å². The van der Waals surface area contributed by atoms with Crippen molar-refractivity contribution in [2.45, 2.75) is 30.7 Å². The maximum absolute atomic E-state index is 12.2.